The number of halogens is 1. The van der Waals surface area contributed by atoms with E-state index in [-0.39, 0.29) is 30.9 Å². The van der Waals surface area contributed by atoms with Gasteiger partial charge in [-0.2, -0.15) is 0 Å². The SMILES string of the molecule is CCOC(=O)N1CCN(CC(O)COc2ccccc2C(C)=O)CC1.Cl. The van der Waals surface area contributed by atoms with Crippen LogP contribution in [0.2, 0.25) is 0 Å². The number of para-hydroxylation sites is 1. The third kappa shape index (κ3) is 6.48. The Kier molecular flexibility index (Phi) is 9.40. The van der Waals surface area contributed by atoms with Gasteiger partial charge in [0, 0.05) is 32.7 Å². The molecule has 0 spiro atoms. The molecule has 0 bridgehead atoms. The minimum Gasteiger partial charge on any atom is -0.490 e. The summed E-state index contributed by atoms with van der Waals surface area (Å²) in [5, 5.41) is 10.2. The molecule has 0 saturated carbocycles. The molecule has 8 heteroatoms. The maximum atomic E-state index is 11.7. The fraction of sp³-hybridized carbons (Fsp3) is 0.556. The average Bonchev–Trinajstić information content (AvgIpc) is 2.61. The molecule has 26 heavy (non-hydrogen) atoms. The molecule has 1 aliphatic rings. The van der Waals surface area contributed by atoms with Crippen molar-refractivity contribution in [3.05, 3.63) is 29.8 Å². The van der Waals surface area contributed by atoms with Crippen LogP contribution in [-0.2, 0) is 4.74 Å². The smallest absolute Gasteiger partial charge is 0.409 e. The first-order valence-corrected chi connectivity index (χ1v) is 8.56. The second kappa shape index (κ2) is 11.0. The van der Waals surface area contributed by atoms with Gasteiger partial charge in [0.25, 0.3) is 0 Å². The highest BCUT2D eigenvalue weighted by Gasteiger charge is 2.23. The molecule has 1 aromatic rings. The van der Waals surface area contributed by atoms with Crippen molar-refractivity contribution in [2.45, 2.75) is 20.0 Å². The predicted octanol–water partition coefficient (Wildman–Crippen LogP) is 1.82. The van der Waals surface area contributed by atoms with Gasteiger partial charge in [0.15, 0.2) is 5.78 Å². The van der Waals surface area contributed by atoms with E-state index in [1.165, 1.54) is 6.92 Å². The molecule has 146 valence electrons. The zero-order valence-electron chi connectivity index (χ0n) is 15.2. The standard InChI is InChI=1S/C18H26N2O5.ClH/c1-3-24-18(23)20-10-8-19(9-11-20)12-15(22)13-25-17-7-5-4-6-16(17)14(2)21;/h4-7,15,22H,3,8-13H2,1-2H3;1H. The van der Waals surface area contributed by atoms with Crippen LogP contribution >= 0.6 is 12.4 Å². The van der Waals surface area contributed by atoms with Crippen LogP contribution in [0.4, 0.5) is 4.79 Å². The summed E-state index contributed by atoms with van der Waals surface area (Å²) in [6.45, 7) is 6.74. The van der Waals surface area contributed by atoms with E-state index in [2.05, 4.69) is 4.90 Å². The summed E-state index contributed by atoms with van der Waals surface area (Å²) < 4.78 is 10.6. The van der Waals surface area contributed by atoms with E-state index in [0.29, 0.717) is 50.6 Å². The van der Waals surface area contributed by atoms with Crippen LogP contribution in [0.3, 0.4) is 0 Å². The van der Waals surface area contributed by atoms with Crippen molar-refractivity contribution in [1.82, 2.24) is 9.80 Å². The monoisotopic (exact) mass is 386 g/mol. The average molecular weight is 387 g/mol. The number of aliphatic hydroxyl groups excluding tert-OH is 1. The van der Waals surface area contributed by atoms with Gasteiger partial charge >= 0.3 is 6.09 Å². The Labute approximate surface area is 160 Å². The first-order valence-electron chi connectivity index (χ1n) is 8.56. The largest absolute Gasteiger partial charge is 0.490 e. The summed E-state index contributed by atoms with van der Waals surface area (Å²) in [4.78, 5) is 27.0. The predicted molar refractivity (Wildman–Crippen MR) is 100 cm³/mol. The van der Waals surface area contributed by atoms with E-state index in [4.69, 9.17) is 9.47 Å². The third-order valence-corrected chi connectivity index (χ3v) is 4.06. The van der Waals surface area contributed by atoms with E-state index in [0.717, 1.165) is 0 Å². The molecule has 0 aromatic heterocycles. The number of aliphatic hydroxyl groups is 1. The van der Waals surface area contributed by atoms with Crippen molar-refractivity contribution in [3.8, 4) is 5.75 Å². The lowest BCUT2D eigenvalue weighted by Crippen LogP contribution is -2.51. The van der Waals surface area contributed by atoms with Gasteiger partial charge in [-0.3, -0.25) is 9.69 Å². The maximum absolute atomic E-state index is 11.7. The molecule has 0 radical (unpaired) electrons. The molecule has 1 aliphatic heterocycles. The lowest BCUT2D eigenvalue weighted by atomic mass is 10.1. The summed E-state index contributed by atoms with van der Waals surface area (Å²) in [6.07, 6.45) is -0.957. The first-order chi connectivity index (χ1) is 12.0. The number of piperazine rings is 1. The highest BCUT2D eigenvalue weighted by Crippen LogP contribution is 2.18. The van der Waals surface area contributed by atoms with Gasteiger partial charge in [0.2, 0.25) is 0 Å². The summed E-state index contributed by atoms with van der Waals surface area (Å²) >= 11 is 0. The Bertz CT molecular complexity index is 591. The van der Waals surface area contributed by atoms with Gasteiger partial charge in [0.1, 0.15) is 18.5 Å². The zero-order valence-corrected chi connectivity index (χ0v) is 16.0. The molecule has 1 fully saturated rings. The van der Waals surface area contributed by atoms with Crippen molar-refractivity contribution in [2.75, 3.05) is 45.9 Å². The van der Waals surface area contributed by atoms with Gasteiger partial charge in [-0.25, -0.2) is 4.79 Å². The number of nitrogens with zero attached hydrogens (tertiary/aromatic N) is 2. The van der Waals surface area contributed by atoms with Crippen LogP contribution in [-0.4, -0.2) is 78.8 Å². The van der Waals surface area contributed by atoms with E-state index in [9.17, 15) is 14.7 Å². The number of ketones is 1. The fourth-order valence-corrected chi connectivity index (χ4v) is 2.75. The molecule has 0 aliphatic carbocycles. The zero-order chi connectivity index (χ0) is 18.2. The molecule has 1 heterocycles. The quantitative estimate of drug-likeness (QED) is 0.720. The normalized spacial score (nSPS) is 15.7. The van der Waals surface area contributed by atoms with Gasteiger partial charge in [-0.15, -0.1) is 12.4 Å². The van der Waals surface area contributed by atoms with Crippen LogP contribution in [0.15, 0.2) is 24.3 Å². The van der Waals surface area contributed by atoms with Crippen molar-refractivity contribution in [2.24, 2.45) is 0 Å². The van der Waals surface area contributed by atoms with Gasteiger partial charge < -0.3 is 19.5 Å². The fourth-order valence-electron chi connectivity index (χ4n) is 2.75. The van der Waals surface area contributed by atoms with Crippen molar-refractivity contribution in [1.29, 1.82) is 0 Å². The number of rotatable bonds is 7. The Hall–Kier alpha value is -1.83. The highest BCUT2D eigenvalue weighted by molar-refractivity contribution is 5.96. The molecule has 1 N–H and O–H groups in total. The van der Waals surface area contributed by atoms with E-state index in [1.807, 2.05) is 0 Å². The Morgan fingerprint density at radius 2 is 1.85 bits per heavy atom. The summed E-state index contributed by atoms with van der Waals surface area (Å²) in [5.41, 5.74) is 0.512. The number of carbonyl (C=O) groups is 2. The van der Waals surface area contributed by atoms with Gasteiger partial charge in [-0.05, 0) is 26.0 Å². The molecule has 7 nitrogen and oxygen atoms in total. The molecule has 2 rings (SSSR count). The minimum absolute atomic E-state index is 0. The van der Waals surface area contributed by atoms with Crippen LogP contribution in [0, 0.1) is 0 Å². The van der Waals surface area contributed by atoms with E-state index >= 15 is 0 Å². The number of carbonyl (C=O) groups excluding carboxylic acids is 2. The molecule has 1 aromatic carbocycles. The summed E-state index contributed by atoms with van der Waals surface area (Å²) in [5.74, 6) is 0.418. The Morgan fingerprint density at radius 1 is 1.19 bits per heavy atom. The maximum Gasteiger partial charge on any atom is 0.409 e. The number of Topliss-reactive ketones (excluding diaryl/α,β-unsaturated/α-hetero) is 1. The Balaban J connectivity index is 0.00000338. The molecule has 1 atom stereocenters. The second-order valence-corrected chi connectivity index (χ2v) is 6.00. The molecule has 1 saturated heterocycles. The lowest BCUT2D eigenvalue weighted by molar-refractivity contribution is 0.0405. The van der Waals surface area contributed by atoms with Crippen LogP contribution < -0.4 is 4.74 Å². The van der Waals surface area contributed by atoms with E-state index in [1.54, 1.807) is 36.1 Å². The molecular weight excluding hydrogens is 360 g/mol. The number of β-amino-alcohol motifs (C(OH)–C–C–N with tert-alkyl or cyclic N) is 1. The number of ether oxygens (including phenoxy) is 2. The third-order valence-electron chi connectivity index (χ3n) is 4.06. The topological polar surface area (TPSA) is 79.3 Å². The number of amides is 1. The van der Waals surface area contributed by atoms with Gasteiger partial charge in [-0.1, -0.05) is 12.1 Å². The highest BCUT2D eigenvalue weighted by atomic mass is 35.5. The van der Waals surface area contributed by atoms with Crippen LogP contribution in [0.5, 0.6) is 5.75 Å². The van der Waals surface area contributed by atoms with E-state index < -0.39 is 6.10 Å². The number of benzene rings is 1. The van der Waals surface area contributed by atoms with Crippen molar-refractivity contribution in [3.63, 3.8) is 0 Å². The number of hydrogen-bond acceptors (Lipinski definition) is 6. The lowest BCUT2D eigenvalue weighted by Gasteiger charge is -2.34. The van der Waals surface area contributed by atoms with Crippen LogP contribution in [0.1, 0.15) is 24.2 Å². The minimum atomic E-state index is -0.672. The van der Waals surface area contributed by atoms with Crippen molar-refractivity contribution >= 4 is 24.3 Å². The number of hydrogen-bond donors (Lipinski definition) is 1. The second-order valence-electron chi connectivity index (χ2n) is 6.00. The molecule has 1 amide bonds. The Morgan fingerprint density at radius 3 is 2.46 bits per heavy atom. The van der Waals surface area contributed by atoms with Crippen LogP contribution in [0.25, 0.3) is 0 Å². The molecule has 1 unspecified atom stereocenters. The summed E-state index contributed by atoms with van der Waals surface area (Å²) in [7, 11) is 0. The molecular formula is C18H27ClN2O5. The van der Waals surface area contributed by atoms with Gasteiger partial charge in [0.05, 0.1) is 12.2 Å². The summed E-state index contributed by atoms with van der Waals surface area (Å²) in [6, 6.07) is 7.01. The first kappa shape index (κ1) is 22.2. The van der Waals surface area contributed by atoms with Crippen molar-refractivity contribution < 1.29 is 24.2 Å².